The zero-order chi connectivity index (χ0) is 37.3. The fourth-order valence-corrected chi connectivity index (χ4v) is 16.1. The molecule has 3 fully saturated rings. The number of alkyl halides is 2. The predicted molar refractivity (Wildman–Crippen MR) is 234 cm³/mol. The van der Waals surface area contributed by atoms with Crippen molar-refractivity contribution in [3.05, 3.63) is 135 Å². The molecule has 0 N–H and O–H groups in total. The van der Waals surface area contributed by atoms with Crippen LogP contribution in [0.1, 0.15) is 116 Å². The first kappa shape index (κ1) is 38.5. The van der Waals surface area contributed by atoms with Crippen LogP contribution in [-0.2, 0) is 0 Å². The van der Waals surface area contributed by atoms with E-state index < -0.39 is 12.5 Å². The number of hydrogen-bond acceptors (Lipinski definition) is 2. The monoisotopic (exact) mass is 764 g/mol. The van der Waals surface area contributed by atoms with Crippen molar-refractivity contribution in [2.24, 2.45) is 0 Å². The van der Waals surface area contributed by atoms with E-state index >= 15 is 0 Å². The Balaban J connectivity index is 1.51. The summed E-state index contributed by atoms with van der Waals surface area (Å²) in [6.45, 7) is 13.4. The minimum atomic E-state index is -0.525. The summed E-state index contributed by atoms with van der Waals surface area (Å²) >= 11 is 16.4. The Morgan fingerprint density at radius 3 is 1.60 bits per heavy atom. The number of allylic oxidation sites excluding steroid dienone is 4. The molecule has 3 aromatic carbocycles. The molecule has 0 aromatic heterocycles. The van der Waals surface area contributed by atoms with Crippen LogP contribution in [0.4, 0.5) is 11.4 Å². The Morgan fingerprint density at radius 1 is 0.660 bits per heavy atom. The number of anilines is 2. The van der Waals surface area contributed by atoms with E-state index in [1.165, 1.54) is 126 Å². The third kappa shape index (κ3) is 7.86. The SMILES string of the molecule is Cc1cc(C)c(N2C=CN(c3c(C)cc(C)cc3C)C2=C2C(=CC=Cc3ccccc3)C(Cl)(P(C3CCCCC3)C3CCCCC3)CCC2Cl)c(C)c1. The minimum absolute atomic E-state index is 0.176. The molecule has 2 nitrogen and oxygen atoms in total. The van der Waals surface area contributed by atoms with Crippen LogP contribution in [0.25, 0.3) is 6.08 Å². The first-order chi connectivity index (χ1) is 25.6. The van der Waals surface area contributed by atoms with Crippen molar-refractivity contribution in [3.63, 3.8) is 0 Å². The molecule has 0 spiro atoms. The fraction of sp³-hybridized carbons (Fsp3) is 0.458. The van der Waals surface area contributed by atoms with Gasteiger partial charge >= 0.3 is 0 Å². The topological polar surface area (TPSA) is 6.48 Å². The lowest BCUT2D eigenvalue weighted by Crippen LogP contribution is -2.41. The molecular formula is C48H59Cl2N2P. The van der Waals surface area contributed by atoms with Gasteiger partial charge in [0.25, 0.3) is 0 Å². The lowest BCUT2D eigenvalue weighted by molar-refractivity contribution is 0.476. The van der Waals surface area contributed by atoms with Gasteiger partial charge in [-0.1, -0.05) is 130 Å². The number of rotatable bonds is 7. The van der Waals surface area contributed by atoms with Gasteiger partial charge in [0.05, 0.1) is 21.4 Å². The van der Waals surface area contributed by atoms with Crippen molar-refractivity contribution < 1.29 is 0 Å². The highest BCUT2D eigenvalue weighted by Crippen LogP contribution is 2.71. The van der Waals surface area contributed by atoms with E-state index in [9.17, 15) is 0 Å². The van der Waals surface area contributed by atoms with E-state index in [1.54, 1.807) is 0 Å². The highest BCUT2D eigenvalue weighted by molar-refractivity contribution is 7.63. The number of benzene rings is 3. The average molecular weight is 766 g/mol. The summed E-state index contributed by atoms with van der Waals surface area (Å²) in [5, 5.41) is -0.176. The Labute approximate surface area is 331 Å². The molecule has 53 heavy (non-hydrogen) atoms. The van der Waals surface area contributed by atoms with Crippen LogP contribution in [0.15, 0.2) is 96.1 Å². The van der Waals surface area contributed by atoms with Gasteiger partial charge in [-0.15, -0.1) is 23.2 Å². The first-order valence-electron chi connectivity index (χ1n) is 20.3. The summed E-state index contributed by atoms with van der Waals surface area (Å²) in [5.41, 5.74) is 15.2. The van der Waals surface area contributed by atoms with E-state index in [0.717, 1.165) is 18.7 Å². The van der Waals surface area contributed by atoms with Crippen LogP contribution >= 0.6 is 31.1 Å². The van der Waals surface area contributed by atoms with Gasteiger partial charge < -0.3 is 9.80 Å². The molecule has 7 rings (SSSR count). The highest BCUT2D eigenvalue weighted by atomic mass is 35.5. The molecule has 3 aromatic rings. The molecule has 2 unspecified atom stereocenters. The molecule has 1 heterocycles. The molecule has 1 aliphatic heterocycles. The zero-order valence-electron chi connectivity index (χ0n) is 32.9. The summed E-state index contributed by atoms with van der Waals surface area (Å²) in [5.74, 6) is 1.14. The van der Waals surface area contributed by atoms with Gasteiger partial charge in [0.1, 0.15) is 5.82 Å². The molecule has 4 aliphatic rings. The molecule has 0 amide bonds. The van der Waals surface area contributed by atoms with Gasteiger partial charge in [-0.2, -0.15) is 0 Å². The fourth-order valence-electron chi connectivity index (χ4n) is 10.2. The van der Waals surface area contributed by atoms with Crippen molar-refractivity contribution in [2.75, 3.05) is 9.80 Å². The summed E-state index contributed by atoms with van der Waals surface area (Å²) in [7, 11) is -0.525. The lowest BCUT2D eigenvalue weighted by atomic mass is 9.86. The van der Waals surface area contributed by atoms with Gasteiger partial charge in [0.15, 0.2) is 0 Å². The van der Waals surface area contributed by atoms with E-state index in [1.807, 2.05) is 0 Å². The van der Waals surface area contributed by atoms with E-state index in [2.05, 4.69) is 137 Å². The summed E-state index contributed by atoms with van der Waals surface area (Å²) in [4.78, 5) is 4.91. The Bertz CT molecular complexity index is 1780. The highest BCUT2D eigenvalue weighted by Gasteiger charge is 2.52. The quantitative estimate of drug-likeness (QED) is 0.175. The van der Waals surface area contributed by atoms with Gasteiger partial charge in [0.2, 0.25) is 0 Å². The largest absolute Gasteiger partial charge is 0.301 e. The average Bonchev–Trinajstić information content (AvgIpc) is 3.53. The van der Waals surface area contributed by atoms with Crippen LogP contribution in [0, 0.1) is 41.5 Å². The molecular weight excluding hydrogens is 706 g/mol. The van der Waals surface area contributed by atoms with Crippen molar-refractivity contribution in [1.29, 1.82) is 0 Å². The van der Waals surface area contributed by atoms with Gasteiger partial charge in [0, 0.05) is 18.0 Å². The summed E-state index contributed by atoms with van der Waals surface area (Å²) < 4.78 is -0.456. The van der Waals surface area contributed by atoms with Crippen LogP contribution in [-0.4, -0.2) is 21.3 Å². The van der Waals surface area contributed by atoms with Gasteiger partial charge in [-0.05, 0) is 125 Å². The summed E-state index contributed by atoms with van der Waals surface area (Å²) in [6.07, 6.45) is 26.7. The van der Waals surface area contributed by atoms with Gasteiger partial charge in [-0.25, -0.2) is 0 Å². The van der Waals surface area contributed by atoms with E-state index in [-0.39, 0.29) is 5.38 Å². The molecule has 0 radical (unpaired) electrons. The minimum Gasteiger partial charge on any atom is -0.301 e. The molecule has 0 saturated heterocycles. The normalized spacial score (nSPS) is 24.1. The molecule has 5 heteroatoms. The van der Waals surface area contributed by atoms with Crippen LogP contribution in [0.5, 0.6) is 0 Å². The maximum Gasteiger partial charge on any atom is 0.127 e. The lowest BCUT2D eigenvalue weighted by Gasteiger charge is -2.52. The van der Waals surface area contributed by atoms with Crippen LogP contribution in [0.2, 0.25) is 0 Å². The Kier molecular flexibility index (Phi) is 12.0. The number of aryl methyl sites for hydroxylation is 6. The molecule has 280 valence electrons. The maximum atomic E-state index is 8.62. The van der Waals surface area contributed by atoms with Crippen molar-refractivity contribution in [1.82, 2.24) is 0 Å². The van der Waals surface area contributed by atoms with Gasteiger partial charge in [-0.3, -0.25) is 0 Å². The van der Waals surface area contributed by atoms with Crippen molar-refractivity contribution >= 4 is 48.6 Å². The van der Waals surface area contributed by atoms with Crippen molar-refractivity contribution in [3.8, 4) is 0 Å². The number of halogens is 2. The second-order valence-electron chi connectivity index (χ2n) is 16.4. The maximum absolute atomic E-state index is 8.62. The van der Waals surface area contributed by atoms with Crippen molar-refractivity contribution in [2.45, 2.75) is 140 Å². The molecule has 3 aliphatic carbocycles. The summed E-state index contributed by atoms with van der Waals surface area (Å²) in [6, 6.07) is 20.0. The molecule has 2 atom stereocenters. The number of hydrogen-bond donors (Lipinski definition) is 0. The second-order valence-corrected chi connectivity index (χ2v) is 20.9. The molecule has 3 saturated carbocycles. The van der Waals surface area contributed by atoms with E-state index in [0.29, 0.717) is 11.3 Å². The Morgan fingerprint density at radius 2 is 1.13 bits per heavy atom. The van der Waals surface area contributed by atoms with Crippen LogP contribution < -0.4 is 9.80 Å². The van der Waals surface area contributed by atoms with Crippen LogP contribution in [0.3, 0.4) is 0 Å². The number of nitrogens with zero attached hydrogens (tertiary/aromatic N) is 2. The first-order valence-corrected chi connectivity index (χ1v) is 22.6. The Hall–Kier alpha value is -2.77. The van der Waals surface area contributed by atoms with E-state index in [4.69, 9.17) is 23.2 Å². The third-order valence-electron chi connectivity index (χ3n) is 12.3. The smallest absolute Gasteiger partial charge is 0.127 e. The zero-order valence-corrected chi connectivity index (χ0v) is 35.3. The second kappa shape index (κ2) is 16.5. The third-order valence-corrected chi connectivity index (χ3v) is 17.6. The predicted octanol–water partition coefficient (Wildman–Crippen LogP) is 14.7. The molecule has 0 bridgehead atoms. The standard InChI is InChI=1S/C48H59Cl2N2P/c1-33-29-35(3)45(36(4)30-33)51-27-28-52(46-37(5)31-34(2)32-38(46)6)47(51)44-42(24-16-19-39-17-10-7-11-18-39)48(50,26-25-43(44)49)53(40-20-12-8-13-21-40)41-22-14-9-15-23-41/h7,10-11,16-19,24,27-32,40-41,43H,8-9,12-15,20-23,25-26H2,1-6H3.